The predicted octanol–water partition coefficient (Wildman–Crippen LogP) is 1.71. The van der Waals surface area contributed by atoms with E-state index in [9.17, 15) is 4.79 Å². The van der Waals surface area contributed by atoms with Gasteiger partial charge in [-0.1, -0.05) is 0 Å². The summed E-state index contributed by atoms with van der Waals surface area (Å²) in [6, 6.07) is 1.78. The van der Waals surface area contributed by atoms with Gasteiger partial charge in [0.25, 0.3) is 5.91 Å². The van der Waals surface area contributed by atoms with Crippen LogP contribution >= 0.6 is 0 Å². The molecule has 1 saturated heterocycles. The number of nitrogens with one attached hydrogen (secondary N) is 3. The van der Waals surface area contributed by atoms with E-state index in [2.05, 4.69) is 20.9 Å². The van der Waals surface area contributed by atoms with Gasteiger partial charge in [0.05, 0.1) is 6.26 Å². The average Bonchev–Trinajstić information content (AvgIpc) is 3.15. The number of aliphatic imine (C=N–C) groups is 1. The molecule has 2 heterocycles. The van der Waals surface area contributed by atoms with Crippen molar-refractivity contribution >= 4 is 11.9 Å². The molecule has 28 heavy (non-hydrogen) atoms. The van der Waals surface area contributed by atoms with E-state index >= 15 is 0 Å². The van der Waals surface area contributed by atoms with Crippen molar-refractivity contribution in [2.45, 2.75) is 32.6 Å². The van der Waals surface area contributed by atoms with Crippen LogP contribution in [0.2, 0.25) is 0 Å². The lowest BCUT2D eigenvalue weighted by Gasteiger charge is -2.21. The molecule has 1 fully saturated rings. The number of carbonyl (C=O) groups excluding carboxylic acids is 1. The molecule has 0 aliphatic carbocycles. The molecule has 1 aromatic heterocycles. The van der Waals surface area contributed by atoms with Crippen LogP contribution in [0.5, 0.6) is 0 Å². The van der Waals surface area contributed by atoms with Crippen LogP contribution in [0.25, 0.3) is 0 Å². The maximum absolute atomic E-state index is 11.9. The van der Waals surface area contributed by atoms with E-state index in [-0.39, 0.29) is 5.91 Å². The van der Waals surface area contributed by atoms with E-state index in [0.717, 1.165) is 76.7 Å². The summed E-state index contributed by atoms with van der Waals surface area (Å²) in [4.78, 5) is 16.1. The van der Waals surface area contributed by atoms with Gasteiger partial charge in [-0.05, 0) is 44.6 Å². The van der Waals surface area contributed by atoms with Gasteiger partial charge < -0.3 is 29.8 Å². The van der Waals surface area contributed by atoms with Crippen LogP contribution < -0.4 is 16.0 Å². The Labute approximate surface area is 167 Å². The minimum absolute atomic E-state index is 0.175. The largest absolute Gasteiger partial charge is 0.459 e. The van der Waals surface area contributed by atoms with Crippen molar-refractivity contribution in [1.82, 2.24) is 16.0 Å². The summed E-state index contributed by atoms with van der Waals surface area (Å²) < 4.78 is 16.3. The summed E-state index contributed by atoms with van der Waals surface area (Å²) >= 11 is 0. The topological polar surface area (TPSA) is 97.1 Å². The molecule has 3 N–H and O–H groups in total. The van der Waals surface area contributed by atoms with Gasteiger partial charge >= 0.3 is 0 Å². The number of rotatable bonds is 11. The summed E-state index contributed by atoms with van der Waals surface area (Å²) in [6.07, 6.45) is 5.47. The first kappa shape index (κ1) is 22.2. The van der Waals surface area contributed by atoms with E-state index in [0.29, 0.717) is 18.2 Å². The SMILES string of the molecule is CN=C(NCCCNC(=O)c1occc1C)NCCCOCC1CCOCC1. The summed E-state index contributed by atoms with van der Waals surface area (Å²) in [5.41, 5.74) is 0.844. The number of aryl methyl sites for hydroxylation is 1. The third-order valence-electron chi connectivity index (χ3n) is 4.68. The van der Waals surface area contributed by atoms with E-state index in [1.165, 1.54) is 6.26 Å². The summed E-state index contributed by atoms with van der Waals surface area (Å²) in [7, 11) is 1.75. The Morgan fingerprint density at radius 2 is 1.89 bits per heavy atom. The highest BCUT2D eigenvalue weighted by molar-refractivity contribution is 5.92. The Morgan fingerprint density at radius 1 is 1.18 bits per heavy atom. The smallest absolute Gasteiger partial charge is 0.287 e. The van der Waals surface area contributed by atoms with Gasteiger partial charge in [-0.3, -0.25) is 9.79 Å². The highest BCUT2D eigenvalue weighted by Crippen LogP contribution is 2.14. The number of nitrogens with zero attached hydrogens (tertiary/aromatic N) is 1. The Hall–Kier alpha value is -2.06. The molecule has 0 spiro atoms. The van der Waals surface area contributed by atoms with Crippen LogP contribution in [0, 0.1) is 12.8 Å². The molecular formula is C20H34N4O4. The first-order valence-electron chi connectivity index (χ1n) is 10.1. The lowest BCUT2D eigenvalue weighted by molar-refractivity contribution is 0.0203. The second-order valence-corrected chi connectivity index (χ2v) is 6.95. The van der Waals surface area contributed by atoms with Crippen LogP contribution in [-0.4, -0.2) is 65.0 Å². The zero-order chi connectivity index (χ0) is 20.0. The molecule has 8 nitrogen and oxygen atoms in total. The maximum atomic E-state index is 11.9. The number of guanidine groups is 1. The van der Waals surface area contributed by atoms with Crippen molar-refractivity contribution in [2.75, 3.05) is 53.1 Å². The Balaban J connectivity index is 1.45. The Bertz CT molecular complexity index is 597. The molecule has 2 rings (SSSR count). The molecule has 1 aliphatic rings. The fourth-order valence-corrected chi connectivity index (χ4v) is 2.95. The second-order valence-electron chi connectivity index (χ2n) is 6.95. The van der Waals surface area contributed by atoms with Gasteiger partial charge in [-0.15, -0.1) is 0 Å². The third kappa shape index (κ3) is 8.31. The number of hydrogen-bond acceptors (Lipinski definition) is 5. The van der Waals surface area contributed by atoms with Crippen LogP contribution in [0.3, 0.4) is 0 Å². The van der Waals surface area contributed by atoms with Crippen molar-refractivity contribution in [2.24, 2.45) is 10.9 Å². The van der Waals surface area contributed by atoms with Gasteiger partial charge in [-0.25, -0.2) is 0 Å². The van der Waals surface area contributed by atoms with Crippen LogP contribution in [-0.2, 0) is 9.47 Å². The van der Waals surface area contributed by atoms with Gasteiger partial charge in [0.2, 0.25) is 0 Å². The van der Waals surface area contributed by atoms with Crippen LogP contribution in [0.4, 0.5) is 0 Å². The van der Waals surface area contributed by atoms with Crippen molar-refractivity contribution in [3.63, 3.8) is 0 Å². The van der Waals surface area contributed by atoms with Gasteiger partial charge in [0.15, 0.2) is 11.7 Å². The molecule has 0 unspecified atom stereocenters. The third-order valence-corrected chi connectivity index (χ3v) is 4.68. The van der Waals surface area contributed by atoms with Crippen LogP contribution in [0.15, 0.2) is 21.7 Å². The normalized spacial score (nSPS) is 15.4. The molecule has 158 valence electrons. The van der Waals surface area contributed by atoms with Crippen molar-refractivity contribution in [3.8, 4) is 0 Å². The molecule has 0 saturated carbocycles. The molecule has 0 radical (unpaired) electrons. The number of ether oxygens (including phenoxy) is 2. The molecule has 1 amide bonds. The molecule has 8 heteroatoms. The summed E-state index contributed by atoms with van der Waals surface area (Å²) in [6.45, 7) is 7.26. The standard InChI is InChI=1S/C20H34N4O4/c1-16-5-14-28-18(16)19(25)22-8-3-9-23-20(21-2)24-10-4-11-27-15-17-6-12-26-13-7-17/h5,14,17H,3-4,6-13,15H2,1-2H3,(H,22,25)(H2,21,23,24). The number of hydrogen-bond donors (Lipinski definition) is 3. The number of furan rings is 1. The first-order chi connectivity index (χ1) is 13.7. The fraction of sp³-hybridized carbons (Fsp3) is 0.700. The van der Waals surface area contributed by atoms with E-state index in [1.807, 2.05) is 6.92 Å². The lowest BCUT2D eigenvalue weighted by atomic mass is 10.0. The van der Waals surface area contributed by atoms with Crippen LogP contribution in [0.1, 0.15) is 41.8 Å². The molecular weight excluding hydrogens is 360 g/mol. The Kier molecular flexibility index (Phi) is 10.5. The predicted molar refractivity (Wildman–Crippen MR) is 109 cm³/mol. The minimum atomic E-state index is -0.175. The summed E-state index contributed by atoms with van der Waals surface area (Å²) in [5.74, 6) is 1.61. The highest BCUT2D eigenvalue weighted by Gasteiger charge is 2.13. The fourth-order valence-electron chi connectivity index (χ4n) is 2.95. The first-order valence-corrected chi connectivity index (χ1v) is 10.1. The highest BCUT2D eigenvalue weighted by atomic mass is 16.5. The van der Waals surface area contributed by atoms with Gasteiger partial charge in [0, 0.05) is 58.7 Å². The van der Waals surface area contributed by atoms with Gasteiger partial charge in [-0.2, -0.15) is 0 Å². The van der Waals surface area contributed by atoms with Crippen molar-refractivity contribution in [3.05, 3.63) is 23.7 Å². The molecule has 0 aromatic carbocycles. The Morgan fingerprint density at radius 3 is 2.57 bits per heavy atom. The number of amides is 1. The number of carbonyl (C=O) groups is 1. The van der Waals surface area contributed by atoms with Crippen molar-refractivity contribution < 1.29 is 18.7 Å². The molecule has 1 aromatic rings. The average molecular weight is 395 g/mol. The van der Waals surface area contributed by atoms with Crippen molar-refractivity contribution in [1.29, 1.82) is 0 Å². The zero-order valence-electron chi connectivity index (χ0n) is 17.1. The lowest BCUT2D eigenvalue weighted by Crippen LogP contribution is -2.39. The molecule has 0 atom stereocenters. The van der Waals surface area contributed by atoms with E-state index in [1.54, 1.807) is 13.1 Å². The van der Waals surface area contributed by atoms with E-state index < -0.39 is 0 Å². The van der Waals surface area contributed by atoms with E-state index in [4.69, 9.17) is 13.9 Å². The summed E-state index contributed by atoms with van der Waals surface area (Å²) in [5, 5.41) is 9.37. The second kappa shape index (κ2) is 13.2. The quantitative estimate of drug-likeness (QED) is 0.300. The van der Waals surface area contributed by atoms with Gasteiger partial charge in [0.1, 0.15) is 0 Å². The maximum Gasteiger partial charge on any atom is 0.287 e. The zero-order valence-corrected chi connectivity index (χ0v) is 17.1. The monoisotopic (exact) mass is 394 g/mol. The molecule has 0 bridgehead atoms. The minimum Gasteiger partial charge on any atom is -0.459 e. The molecule has 1 aliphatic heterocycles.